The summed E-state index contributed by atoms with van der Waals surface area (Å²) in [5.74, 6) is 1.67. The molecule has 3 nitrogen and oxygen atoms in total. The predicted octanol–water partition coefficient (Wildman–Crippen LogP) is 2.21. The molecule has 0 saturated heterocycles. The molecule has 0 radical (unpaired) electrons. The van der Waals surface area contributed by atoms with E-state index in [1.807, 2.05) is 31.2 Å². The van der Waals surface area contributed by atoms with Crippen molar-refractivity contribution in [2.45, 2.75) is 13.3 Å². The Morgan fingerprint density at radius 1 is 1.31 bits per heavy atom. The van der Waals surface area contributed by atoms with Crippen molar-refractivity contribution in [1.82, 2.24) is 0 Å². The average Bonchev–Trinajstić information content (AvgIpc) is 2.53. The number of allylic oxidation sites excluding steroid dienone is 1. The molecular weight excluding hydrogens is 202 g/mol. The van der Waals surface area contributed by atoms with Gasteiger partial charge in [-0.1, -0.05) is 12.1 Å². The Morgan fingerprint density at radius 3 is 2.81 bits per heavy atom. The molecule has 0 aliphatic carbocycles. The fourth-order valence-corrected chi connectivity index (χ4v) is 1.70. The van der Waals surface area contributed by atoms with E-state index < -0.39 is 0 Å². The van der Waals surface area contributed by atoms with Crippen LogP contribution in [0.2, 0.25) is 0 Å². The minimum absolute atomic E-state index is 0.556. The van der Waals surface area contributed by atoms with Crippen molar-refractivity contribution in [3.8, 4) is 11.5 Å². The lowest BCUT2D eigenvalue weighted by Crippen LogP contribution is -1.97. The molecule has 0 saturated carbocycles. The second-order valence-corrected chi connectivity index (χ2v) is 3.83. The minimum atomic E-state index is 0.556. The van der Waals surface area contributed by atoms with Crippen molar-refractivity contribution in [2.24, 2.45) is 5.73 Å². The quantitative estimate of drug-likeness (QED) is 0.829. The van der Waals surface area contributed by atoms with Crippen molar-refractivity contribution in [3.05, 3.63) is 29.8 Å². The van der Waals surface area contributed by atoms with Crippen LogP contribution in [0.1, 0.15) is 18.9 Å². The van der Waals surface area contributed by atoms with Gasteiger partial charge in [-0.3, -0.25) is 0 Å². The van der Waals surface area contributed by atoms with Gasteiger partial charge in [0.05, 0.1) is 13.2 Å². The molecule has 0 unspecified atom stereocenters. The van der Waals surface area contributed by atoms with Crippen LogP contribution >= 0.6 is 0 Å². The molecule has 1 heterocycles. The Labute approximate surface area is 95.9 Å². The van der Waals surface area contributed by atoms with Crippen LogP contribution in [0, 0.1) is 0 Å². The minimum Gasteiger partial charge on any atom is -0.490 e. The fraction of sp³-hybridized carbons (Fsp3) is 0.385. The third-order valence-electron chi connectivity index (χ3n) is 2.63. The number of rotatable bonds is 2. The van der Waals surface area contributed by atoms with E-state index in [0.29, 0.717) is 6.54 Å². The fourth-order valence-electron chi connectivity index (χ4n) is 1.70. The lowest BCUT2D eigenvalue weighted by atomic mass is 10.1. The van der Waals surface area contributed by atoms with Crippen LogP contribution in [0.5, 0.6) is 11.5 Å². The molecule has 16 heavy (non-hydrogen) atoms. The van der Waals surface area contributed by atoms with Gasteiger partial charge in [-0.2, -0.15) is 0 Å². The Bertz CT molecular complexity index is 399. The van der Waals surface area contributed by atoms with E-state index in [4.69, 9.17) is 15.2 Å². The maximum atomic E-state index is 5.63. The molecule has 1 aromatic carbocycles. The van der Waals surface area contributed by atoms with Crippen LogP contribution in [-0.2, 0) is 0 Å². The van der Waals surface area contributed by atoms with Crippen molar-refractivity contribution >= 4 is 5.57 Å². The first-order valence-electron chi connectivity index (χ1n) is 5.58. The SMILES string of the molecule is CC(=CCN)c1ccc2c(c1)OCCCO2. The summed E-state index contributed by atoms with van der Waals surface area (Å²) in [7, 11) is 0. The van der Waals surface area contributed by atoms with Gasteiger partial charge in [0.25, 0.3) is 0 Å². The Hall–Kier alpha value is -1.48. The van der Waals surface area contributed by atoms with E-state index in [9.17, 15) is 0 Å². The maximum Gasteiger partial charge on any atom is 0.161 e. The van der Waals surface area contributed by atoms with Gasteiger partial charge in [0.1, 0.15) is 0 Å². The Balaban J connectivity index is 2.30. The summed E-state index contributed by atoms with van der Waals surface area (Å²) in [6, 6.07) is 6.01. The standard InChI is InChI=1S/C13H17NO2/c1-10(5-6-14)11-3-4-12-13(9-11)16-8-2-7-15-12/h3-5,9H,2,6-8,14H2,1H3. The molecule has 2 N–H and O–H groups in total. The second-order valence-electron chi connectivity index (χ2n) is 3.83. The first kappa shape index (κ1) is 11.0. The zero-order valence-electron chi connectivity index (χ0n) is 9.53. The highest BCUT2D eigenvalue weighted by molar-refractivity contribution is 5.66. The van der Waals surface area contributed by atoms with Crippen molar-refractivity contribution in [2.75, 3.05) is 19.8 Å². The Morgan fingerprint density at radius 2 is 2.06 bits per heavy atom. The van der Waals surface area contributed by atoms with Gasteiger partial charge in [0, 0.05) is 13.0 Å². The predicted molar refractivity (Wildman–Crippen MR) is 64.8 cm³/mol. The van der Waals surface area contributed by atoms with Crippen LogP contribution in [0.3, 0.4) is 0 Å². The summed E-state index contributed by atoms with van der Waals surface area (Å²) < 4.78 is 11.2. The van der Waals surface area contributed by atoms with Crippen LogP contribution < -0.4 is 15.2 Å². The summed E-state index contributed by atoms with van der Waals surface area (Å²) in [4.78, 5) is 0. The van der Waals surface area contributed by atoms with Crippen molar-refractivity contribution < 1.29 is 9.47 Å². The van der Waals surface area contributed by atoms with E-state index in [1.165, 1.54) is 0 Å². The van der Waals surface area contributed by atoms with Crippen LogP contribution in [0.25, 0.3) is 5.57 Å². The third kappa shape index (κ3) is 2.36. The number of hydrogen-bond donors (Lipinski definition) is 1. The number of hydrogen-bond acceptors (Lipinski definition) is 3. The molecule has 1 aliphatic heterocycles. The van der Waals surface area contributed by atoms with E-state index in [1.54, 1.807) is 0 Å². The topological polar surface area (TPSA) is 44.5 Å². The van der Waals surface area contributed by atoms with E-state index in [0.717, 1.165) is 42.3 Å². The average molecular weight is 219 g/mol. The van der Waals surface area contributed by atoms with Gasteiger partial charge in [-0.05, 0) is 30.2 Å². The molecule has 0 fully saturated rings. The molecule has 0 bridgehead atoms. The van der Waals surface area contributed by atoms with Gasteiger partial charge in [0.2, 0.25) is 0 Å². The van der Waals surface area contributed by atoms with Gasteiger partial charge in [-0.15, -0.1) is 0 Å². The lowest BCUT2D eigenvalue weighted by Gasteiger charge is -2.09. The summed E-state index contributed by atoms with van der Waals surface area (Å²) >= 11 is 0. The van der Waals surface area contributed by atoms with Crippen LogP contribution in [0.4, 0.5) is 0 Å². The summed E-state index contributed by atoms with van der Waals surface area (Å²) in [5, 5.41) is 0. The smallest absolute Gasteiger partial charge is 0.161 e. The van der Waals surface area contributed by atoms with Gasteiger partial charge < -0.3 is 15.2 Å². The molecule has 0 spiro atoms. The largest absolute Gasteiger partial charge is 0.490 e. The van der Waals surface area contributed by atoms with Crippen LogP contribution in [-0.4, -0.2) is 19.8 Å². The van der Waals surface area contributed by atoms with Crippen molar-refractivity contribution in [3.63, 3.8) is 0 Å². The molecule has 1 aromatic rings. The monoisotopic (exact) mass is 219 g/mol. The van der Waals surface area contributed by atoms with Gasteiger partial charge in [-0.25, -0.2) is 0 Å². The zero-order chi connectivity index (χ0) is 11.4. The van der Waals surface area contributed by atoms with Gasteiger partial charge in [0.15, 0.2) is 11.5 Å². The first-order valence-corrected chi connectivity index (χ1v) is 5.58. The highest BCUT2D eigenvalue weighted by atomic mass is 16.5. The number of benzene rings is 1. The summed E-state index contributed by atoms with van der Waals surface area (Å²) in [5.41, 5.74) is 7.80. The molecule has 1 aliphatic rings. The van der Waals surface area contributed by atoms with Crippen LogP contribution in [0.15, 0.2) is 24.3 Å². The molecule has 0 amide bonds. The normalized spacial score (nSPS) is 15.8. The highest BCUT2D eigenvalue weighted by Gasteiger charge is 2.10. The Kier molecular flexibility index (Phi) is 3.47. The third-order valence-corrected chi connectivity index (χ3v) is 2.63. The molecular formula is C13H17NO2. The number of ether oxygens (including phenoxy) is 2. The molecule has 0 aromatic heterocycles. The number of fused-ring (bicyclic) bond motifs is 1. The number of nitrogens with two attached hydrogens (primary N) is 1. The first-order chi connectivity index (χ1) is 7.81. The molecule has 2 rings (SSSR count). The highest BCUT2D eigenvalue weighted by Crippen LogP contribution is 2.32. The summed E-state index contributed by atoms with van der Waals surface area (Å²) in [6.45, 7) is 4.05. The zero-order valence-corrected chi connectivity index (χ0v) is 9.53. The maximum absolute atomic E-state index is 5.63. The second kappa shape index (κ2) is 5.03. The van der Waals surface area contributed by atoms with E-state index >= 15 is 0 Å². The van der Waals surface area contributed by atoms with E-state index in [2.05, 4.69) is 0 Å². The van der Waals surface area contributed by atoms with E-state index in [-0.39, 0.29) is 0 Å². The lowest BCUT2D eigenvalue weighted by molar-refractivity contribution is 0.297. The molecule has 3 heteroatoms. The molecule has 0 atom stereocenters. The van der Waals surface area contributed by atoms with Crippen molar-refractivity contribution in [1.29, 1.82) is 0 Å². The van der Waals surface area contributed by atoms with Gasteiger partial charge >= 0.3 is 0 Å². The molecule has 86 valence electrons. The summed E-state index contributed by atoms with van der Waals surface area (Å²) in [6.07, 6.45) is 2.93.